The summed E-state index contributed by atoms with van der Waals surface area (Å²) in [6.07, 6.45) is 2.40. The van der Waals surface area contributed by atoms with E-state index in [1.165, 1.54) is 6.08 Å². The molecule has 0 fully saturated rings. The molecule has 3 nitrogen and oxygen atoms in total. The zero-order chi connectivity index (χ0) is 12.8. The summed E-state index contributed by atoms with van der Waals surface area (Å²) in [5.41, 5.74) is 2.62. The van der Waals surface area contributed by atoms with E-state index >= 15 is 0 Å². The van der Waals surface area contributed by atoms with E-state index in [9.17, 15) is 9.59 Å². The second-order valence-corrected chi connectivity index (χ2v) is 3.77. The molecule has 0 aliphatic rings. The van der Waals surface area contributed by atoms with Crippen molar-refractivity contribution in [1.82, 2.24) is 0 Å². The van der Waals surface area contributed by atoms with E-state index in [-0.39, 0.29) is 5.78 Å². The smallest absolute Gasteiger partial charge is 0.330 e. The minimum absolute atomic E-state index is 0.185. The molecule has 0 unspecified atom stereocenters. The van der Waals surface area contributed by atoms with Crippen LogP contribution in [0.2, 0.25) is 0 Å². The molecule has 1 rings (SSSR count). The molecule has 90 valence electrons. The molecular weight excluding hydrogens is 216 g/mol. The van der Waals surface area contributed by atoms with Crippen LogP contribution < -0.4 is 0 Å². The Bertz CT molecular complexity index is 459. The number of hydrogen-bond acceptors (Lipinski definition) is 3. The average molecular weight is 232 g/mol. The van der Waals surface area contributed by atoms with Gasteiger partial charge in [0.05, 0.1) is 6.61 Å². The number of ether oxygens (including phenoxy) is 1. The first-order valence-corrected chi connectivity index (χ1v) is 5.51. The van der Waals surface area contributed by atoms with Gasteiger partial charge in [-0.3, -0.25) is 4.79 Å². The number of hydrogen-bond donors (Lipinski definition) is 0. The average Bonchev–Trinajstić information content (AvgIpc) is 2.26. The van der Waals surface area contributed by atoms with Crippen molar-refractivity contribution < 1.29 is 14.3 Å². The predicted octanol–water partition coefficient (Wildman–Crippen LogP) is 2.61. The summed E-state index contributed by atoms with van der Waals surface area (Å²) in [5, 5.41) is 0. The second-order valence-electron chi connectivity index (χ2n) is 3.77. The Balaban J connectivity index is 2.80. The molecule has 17 heavy (non-hydrogen) atoms. The summed E-state index contributed by atoms with van der Waals surface area (Å²) >= 11 is 0. The summed E-state index contributed by atoms with van der Waals surface area (Å²) in [5.74, 6) is -0.679. The predicted molar refractivity (Wildman–Crippen MR) is 66.0 cm³/mol. The third-order valence-corrected chi connectivity index (χ3v) is 2.30. The van der Waals surface area contributed by atoms with E-state index in [2.05, 4.69) is 0 Å². The molecule has 0 saturated carbocycles. The normalized spacial score (nSPS) is 10.5. The maximum Gasteiger partial charge on any atom is 0.330 e. The first-order chi connectivity index (χ1) is 8.04. The summed E-state index contributed by atoms with van der Waals surface area (Å²) in [7, 11) is 0. The van der Waals surface area contributed by atoms with Crippen LogP contribution in [0, 0.1) is 13.8 Å². The van der Waals surface area contributed by atoms with Crippen LogP contribution in [-0.4, -0.2) is 18.4 Å². The summed E-state index contributed by atoms with van der Waals surface area (Å²) in [4.78, 5) is 22.8. The lowest BCUT2D eigenvalue weighted by Crippen LogP contribution is -2.02. The maximum absolute atomic E-state index is 11.8. The van der Waals surface area contributed by atoms with E-state index in [0.717, 1.165) is 17.2 Å². The van der Waals surface area contributed by atoms with Crippen LogP contribution in [0.15, 0.2) is 30.4 Å². The van der Waals surface area contributed by atoms with E-state index in [4.69, 9.17) is 4.74 Å². The monoisotopic (exact) mass is 232 g/mol. The molecule has 0 amide bonds. The minimum atomic E-state index is -0.495. The fourth-order valence-electron chi connectivity index (χ4n) is 1.51. The van der Waals surface area contributed by atoms with Gasteiger partial charge < -0.3 is 4.74 Å². The first kappa shape index (κ1) is 13.2. The highest BCUT2D eigenvalue weighted by Gasteiger charge is 2.06. The molecular formula is C14H16O3. The molecule has 0 aromatic heterocycles. The molecule has 0 N–H and O–H groups in total. The van der Waals surface area contributed by atoms with Gasteiger partial charge in [-0.05, 0) is 32.4 Å². The zero-order valence-electron chi connectivity index (χ0n) is 10.3. The number of ketones is 1. The molecule has 0 radical (unpaired) electrons. The Kier molecular flexibility index (Phi) is 4.64. The molecule has 0 aliphatic heterocycles. The maximum atomic E-state index is 11.8. The van der Waals surface area contributed by atoms with Gasteiger partial charge in [-0.1, -0.05) is 23.8 Å². The topological polar surface area (TPSA) is 43.4 Å². The van der Waals surface area contributed by atoms with Gasteiger partial charge in [0, 0.05) is 11.6 Å². The molecule has 0 bridgehead atoms. The van der Waals surface area contributed by atoms with E-state index < -0.39 is 5.97 Å². The Morgan fingerprint density at radius 1 is 1.24 bits per heavy atom. The van der Waals surface area contributed by atoms with Crippen LogP contribution in [0.1, 0.15) is 28.4 Å². The lowest BCUT2D eigenvalue weighted by Gasteiger charge is -2.02. The highest BCUT2D eigenvalue weighted by atomic mass is 16.5. The van der Waals surface area contributed by atoms with Crippen molar-refractivity contribution >= 4 is 11.8 Å². The number of carbonyl (C=O) groups excluding carboxylic acids is 2. The Labute approximate surface area is 101 Å². The summed E-state index contributed by atoms with van der Waals surface area (Å²) < 4.78 is 4.70. The lowest BCUT2D eigenvalue weighted by atomic mass is 10.0. The SMILES string of the molecule is CCOC(=O)/C=C/C(=O)c1ccc(C)cc1C. The first-order valence-electron chi connectivity index (χ1n) is 5.51. The quantitative estimate of drug-likeness (QED) is 0.455. The number of allylic oxidation sites excluding steroid dienone is 1. The van der Waals surface area contributed by atoms with Crippen LogP contribution in [0.25, 0.3) is 0 Å². The van der Waals surface area contributed by atoms with Crippen LogP contribution >= 0.6 is 0 Å². The standard InChI is InChI=1S/C14H16O3/c1-4-17-14(16)8-7-13(15)12-6-5-10(2)9-11(12)3/h5-9H,4H2,1-3H3/b8-7+. The van der Waals surface area contributed by atoms with Crippen molar-refractivity contribution in [2.24, 2.45) is 0 Å². The number of esters is 1. The fraction of sp³-hybridized carbons (Fsp3) is 0.286. The molecule has 0 saturated heterocycles. The van der Waals surface area contributed by atoms with E-state index in [1.807, 2.05) is 26.0 Å². The molecule has 0 aliphatic carbocycles. The van der Waals surface area contributed by atoms with Crippen LogP contribution in [0.4, 0.5) is 0 Å². The zero-order valence-corrected chi connectivity index (χ0v) is 10.3. The van der Waals surface area contributed by atoms with Gasteiger partial charge in [-0.25, -0.2) is 4.79 Å². The Morgan fingerprint density at radius 3 is 2.53 bits per heavy atom. The van der Waals surface area contributed by atoms with E-state index in [1.54, 1.807) is 13.0 Å². The molecule has 3 heteroatoms. The minimum Gasteiger partial charge on any atom is -0.463 e. The Hall–Kier alpha value is -1.90. The van der Waals surface area contributed by atoms with Crippen molar-refractivity contribution in [2.45, 2.75) is 20.8 Å². The third kappa shape index (κ3) is 3.87. The van der Waals surface area contributed by atoms with Gasteiger partial charge in [0.2, 0.25) is 0 Å². The van der Waals surface area contributed by atoms with Crippen molar-refractivity contribution in [3.05, 3.63) is 47.0 Å². The number of carbonyl (C=O) groups is 2. The van der Waals surface area contributed by atoms with Gasteiger partial charge in [-0.2, -0.15) is 0 Å². The van der Waals surface area contributed by atoms with Gasteiger partial charge in [-0.15, -0.1) is 0 Å². The van der Waals surface area contributed by atoms with Gasteiger partial charge in [0.25, 0.3) is 0 Å². The Morgan fingerprint density at radius 2 is 1.94 bits per heavy atom. The summed E-state index contributed by atoms with van der Waals surface area (Å²) in [6.45, 7) is 5.87. The van der Waals surface area contributed by atoms with Crippen LogP contribution in [0.5, 0.6) is 0 Å². The lowest BCUT2D eigenvalue weighted by molar-refractivity contribution is -0.137. The van der Waals surface area contributed by atoms with Crippen LogP contribution in [0.3, 0.4) is 0 Å². The molecule has 1 aromatic carbocycles. The molecule has 0 heterocycles. The van der Waals surface area contributed by atoms with Crippen LogP contribution in [-0.2, 0) is 9.53 Å². The fourth-order valence-corrected chi connectivity index (χ4v) is 1.51. The van der Waals surface area contributed by atoms with Crippen molar-refractivity contribution in [1.29, 1.82) is 0 Å². The highest BCUT2D eigenvalue weighted by Crippen LogP contribution is 2.11. The number of benzene rings is 1. The molecule has 0 spiro atoms. The van der Waals surface area contributed by atoms with Gasteiger partial charge in [0.15, 0.2) is 5.78 Å². The van der Waals surface area contributed by atoms with Crippen molar-refractivity contribution in [3.8, 4) is 0 Å². The second kappa shape index (κ2) is 5.99. The van der Waals surface area contributed by atoms with Crippen molar-refractivity contribution in [2.75, 3.05) is 6.61 Å². The van der Waals surface area contributed by atoms with E-state index in [0.29, 0.717) is 12.2 Å². The molecule has 1 aromatic rings. The highest BCUT2D eigenvalue weighted by molar-refractivity contribution is 6.07. The summed E-state index contributed by atoms with van der Waals surface area (Å²) in [6, 6.07) is 5.58. The molecule has 0 atom stereocenters. The number of rotatable bonds is 4. The van der Waals surface area contributed by atoms with Crippen molar-refractivity contribution in [3.63, 3.8) is 0 Å². The van der Waals surface area contributed by atoms with Gasteiger partial charge in [0.1, 0.15) is 0 Å². The third-order valence-electron chi connectivity index (χ3n) is 2.30. The largest absolute Gasteiger partial charge is 0.463 e. The van der Waals surface area contributed by atoms with Gasteiger partial charge >= 0.3 is 5.97 Å². The number of aryl methyl sites for hydroxylation is 2.